The van der Waals surface area contributed by atoms with E-state index in [1.165, 1.54) is 25.7 Å². The highest BCUT2D eigenvalue weighted by atomic mass is 79.9. The van der Waals surface area contributed by atoms with Crippen molar-refractivity contribution in [3.05, 3.63) is 34.4 Å². The molecule has 1 heterocycles. The molecule has 0 radical (unpaired) electrons. The van der Waals surface area contributed by atoms with E-state index in [0.29, 0.717) is 0 Å². The molecule has 0 bridgehead atoms. The molecule has 0 spiro atoms. The van der Waals surface area contributed by atoms with Crippen molar-refractivity contribution in [1.82, 2.24) is 9.78 Å². The van der Waals surface area contributed by atoms with Crippen LogP contribution >= 0.6 is 15.9 Å². The number of nitrogens with two attached hydrogens (primary N) is 1. The minimum absolute atomic E-state index is 0.164. The van der Waals surface area contributed by atoms with Crippen LogP contribution in [0.25, 0.3) is 11.1 Å². The van der Waals surface area contributed by atoms with Gasteiger partial charge < -0.3 is 5.73 Å². The van der Waals surface area contributed by atoms with Gasteiger partial charge in [0.05, 0.1) is 5.69 Å². The summed E-state index contributed by atoms with van der Waals surface area (Å²) >= 11 is 3.48. The third-order valence-corrected chi connectivity index (χ3v) is 5.03. The van der Waals surface area contributed by atoms with Crippen LogP contribution in [0.4, 0.5) is 5.82 Å². The Hall–Kier alpha value is -1.29. The van der Waals surface area contributed by atoms with Crippen LogP contribution in [0, 0.1) is 0 Å². The number of hydrogen-bond acceptors (Lipinski definition) is 2. The molecule has 2 aromatic rings. The number of hydrogen-bond donors (Lipinski definition) is 1. The van der Waals surface area contributed by atoms with Gasteiger partial charge in [-0.1, -0.05) is 47.8 Å². The molecule has 0 aliphatic heterocycles. The minimum atomic E-state index is 0.164. The molecule has 106 valence electrons. The van der Waals surface area contributed by atoms with Crippen molar-refractivity contribution in [3.63, 3.8) is 0 Å². The number of anilines is 1. The van der Waals surface area contributed by atoms with E-state index in [0.717, 1.165) is 27.1 Å². The standard InChI is InChI=1S/C16H20BrN3/c1-16(9-3-4-10-16)14-13(15(18)20(2)19-14)11-5-7-12(17)8-6-11/h5-8H,3-4,9-10,18H2,1-2H3. The molecule has 2 N–H and O–H groups in total. The van der Waals surface area contributed by atoms with Gasteiger partial charge in [0.2, 0.25) is 0 Å². The highest BCUT2D eigenvalue weighted by Gasteiger charge is 2.36. The molecule has 0 saturated heterocycles. The Labute approximate surface area is 128 Å². The van der Waals surface area contributed by atoms with Crippen LogP contribution in [-0.2, 0) is 12.5 Å². The molecule has 1 aliphatic carbocycles. The predicted octanol–water partition coefficient (Wildman–Crippen LogP) is 4.26. The number of nitrogens with zero attached hydrogens (tertiary/aromatic N) is 2. The predicted molar refractivity (Wildman–Crippen MR) is 86.6 cm³/mol. The fraction of sp³-hybridized carbons (Fsp3) is 0.438. The first kappa shape index (κ1) is 13.7. The Kier molecular flexibility index (Phi) is 3.36. The summed E-state index contributed by atoms with van der Waals surface area (Å²) < 4.78 is 2.90. The number of rotatable bonds is 2. The number of aromatic nitrogens is 2. The van der Waals surface area contributed by atoms with Gasteiger partial charge in [-0.05, 0) is 30.5 Å². The molecule has 1 aromatic carbocycles. The maximum Gasteiger partial charge on any atom is 0.129 e. The summed E-state index contributed by atoms with van der Waals surface area (Å²) in [6.45, 7) is 2.32. The molecule has 1 aromatic heterocycles. The molecule has 1 saturated carbocycles. The van der Waals surface area contributed by atoms with Crippen LogP contribution in [0.1, 0.15) is 38.3 Å². The molecule has 0 atom stereocenters. The fourth-order valence-corrected chi connectivity index (χ4v) is 3.52. The van der Waals surface area contributed by atoms with E-state index in [2.05, 4.69) is 47.1 Å². The van der Waals surface area contributed by atoms with E-state index in [4.69, 9.17) is 10.8 Å². The lowest BCUT2D eigenvalue weighted by Crippen LogP contribution is -2.18. The van der Waals surface area contributed by atoms with Crippen LogP contribution in [0.3, 0.4) is 0 Å². The molecule has 20 heavy (non-hydrogen) atoms. The zero-order valence-electron chi connectivity index (χ0n) is 12.0. The topological polar surface area (TPSA) is 43.8 Å². The highest BCUT2D eigenvalue weighted by Crippen LogP contribution is 2.45. The van der Waals surface area contributed by atoms with Crippen molar-refractivity contribution in [2.45, 2.75) is 38.0 Å². The summed E-state index contributed by atoms with van der Waals surface area (Å²) in [5.74, 6) is 0.760. The van der Waals surface area contributed by atoms with Crippen LogP contribution < -0.4 is 5.73 Å². The molecule has 3 rings (SSSR count). The van der Waals surface area contributed by atoms with Crippen LogP contribution in [0.15, 0.2) is 28.7 Å². The van der Waals surface area contributed by atoms with Crippen molar-refractivity contribution in [2.24, 2.45) is 7.05 Å². The second kappa shape index (κ2) is 4.92. The van der Waals surface area contributed by atoms with Gasteiger partial charge in [0.15, 0.2) is 0 Å². The van der Waals surface area contributed by atoms with Gasteiger partial charge in [-0.2, -0.15) is 5.10 Å². The van der Waals surface area contributed by atoms with Crippen LogP contribution in [0.5, 0.6) is 0 Å². The van der Waals surface area contributed by atoms with Crippen LogP contribution in [0.2, 0.25) is 0 Å². The summed E-state index contributed by atoms with van der Waals surface area (Å²) in [4.78, 5) is 0. The molecule has 0 unspecified atom stereocenters. The Morgan fingerprint density at radius 1 is 1.20 bits per heavy atom. The second-order valence-electron chi connectivity index (χ2n) is 6.01. The van der Waals surface area contributed by atoms with Crippen molar-refractivity contribution >= 4 is 21.7 Å². The molecule has 4 heteroatoms. The van der Waals surface area contributed by atoms with E-state index < -0.39 is 0 Å². The highest BCUT2D eigenvalue weighted by molar-refractivity contribution is 9.10. The number of nitrogen functional groups attached to an aromatic ring is 1. The Bertz CT molecular complexity index is 622. The van der Waals surface area contributed by atoms with Gasteiger partial charge in [0.25, 0.3) is 0 Å². The molecule has 3 nitrogen and oxygen atoms in total. The van der Waals surface area contributed by atoms with Gasteiger partial charge in [0.1, 0.15) is 5.82 Å². The summed E-state index contributed by atoms with van der Waals surface area (Å²) in [5, 5.41) is 4.74. The minimum Gasteiger partial charge on any atom is -0.383 e. The summed E-state index contributed by atoms with van der Waals surface area (Å²) in [5.41, 5.74) is 9.89. The maximum absolute atomic E-state index is 6.29. The van der Waals surface area contributed by atoms with Crippen molar-refractivity contribution in [2.75, 3.05) is 5.73 Å². The Morgan fingerprint density at radius 3 is 2.40 bits per heavy atom. The molecule has 1 aliphatic rings. The monoisotopic (exact) mass is 333 g/mol. The number of aryl methyl sites for hydroxylation is 1. The van der Waals surface area contributed by atoms with Gasteiger partial charge in [-0.15, -0.1) is 0 Å². The molecule has 1 fully saturated rings. The van der Waals surface area contributed by atoms with Crippen molar-refractivity contribution in [3.8, 4) is 11.1 Å². The lowest BCUT2D eigenvalue weighted by atomic mass is 9.81. The van der Waals surface area contributed by atoms with E-state index in [1.54, 1.807) is 0 Å². The third kappa shape index (κ3) is 2.16. The number of benzene rings is 1. The van der Waals surface area contributed by atoms with Gasteiger partial charge in [-0.3, -0.25) is 4.68 Å². The number of halogens is 1. The maximum atomic E-state index is 6.29. The van der Waals surface area contributed by atoms with E-state index in [-0.39, 0.29) is 5.41 Å². The van der Waals surface area contributed by atoms with Gasteiger partial charge in [0, 0.05) is 22.5 Å². The third-order valence-electron chi connectivity index (χ3n) is 4.50. The smallest absolute Gasteiger partial charge is 0.129 e. The lowest BCUT2D eigenvalue weighted by Gasteiger charge is -2.22. The first-order valence-electron chi connectivity index (χ1n) is 7.10. The average molecular weight is 334 g/mol. The van der Waals surface area contributed by atoms with Crippen LogP contribution in [-0.4, -0.2) is 9.78 Å². The lowest BCUT2D eigenvalue weighted by molar-refractivity contribution is 0.469. The molecule has 0 amide bonds. The first-order valence-corrected chi connectivity index (χ1v) is 7.89. The molecular weight excluding hydrogens is 314 g/mol. The first-order chi connectivity index (χ1) is 9.51. The van der Waals surface area contributed by atoms with Crippen molar-refractivity contribution in [1.29, 1.82) is 0 Å². The fourth-order valence-electron chi connectivity index (χ4n) is 3.25. The Morgan fingerprint density at radius 2 is 1.80 bits per heavy atom. The Balaban J connectivity index is 2.16. The average Bonchev–Trinajstić information content (AvgIpc) is 2.98. The zero-order valence-corrected chi connectivity index (χ0v) is 13.6. The summed E-state index contributed by atoms with van der Waals surface area (Å²) in [7, 11) is 1.93. The summed E-state index contributed by atoms with van der Waals surface area (Å²) in [6, 6.07) is 8.34. The van der Waals surface area contributed by atoms with Gasteiger partial charge >= 0.3 is 0 Å². The SMILES string of the molecule is Cn1nc(C2(C)CCCC2)c(-c2ccc(Br)cc2)c1N. The zero-order chi connectivity index (χ0) is 14.3. The van der Waals surface area contributed by atoms with Crippen molar-refractivity contribution < 1.29 is 0 Å². The normalized spacial score (nSPS) is 17.6. The second-order valence-corrected chi connectivity index (χ2v) is 6.92. The van der Waals surface area contributed by atoms with E-state index in [1.807, 2.05) is 11.7 Å². The molecular formula is C16H20BrN3. The summed E-state index contributed by atoms with van der Waals surface area (Å²) in [6.07, 6.45) is 4.97. The quantitative estimate of drug-likeness (QED) is 0.892. The largest absolute Gasteiger partial charge is 0.383 e. The van der Waals surface area contributed by atoms with E-state index >= 15 is 0 Å². The van der Waals surface area contributed by atoms with Gasteiger partial charge in [-0.25, -0.2) is 0 Å². The van der Waals surface area contributed by atoms with E-state index in [9.17, 15) is 0 Å².